The zero-order valence-electron chi connectivity index (χ0n) is 15.8. The summed E-state index contributed by atoms with van der Waals surface area (Å²) in [5, 5.41) is 19.2. The number of benzene rings is 1. The molecule has 1 fully saturated rings. The van der Waals surface area contributed by atoms with Gasteiger partial charge < -0.3 is 15.7 Å². The maximum Gasteiger partial charge on any atom is 0.319 e. The quantitative estimate of drug-likeness (QED) is 0.702. The van der Waals surface area contributed by atoms with Crippen molar-refractivity contribution in [1.29, 1.82) is 0 Å². The fraction of sp³-hybridized carbons (Fsp3) is 0.450. The van der Waals surface area contributed by atoms with Crippen LogP contribution in [0.25, 0.3) is 5.69 Å². The second-order valence-electron chi connectivity index (χ2n) is 7.13. The van der Waals surface area contributed by atoms with Gasteiger partial charge in [-0.1, -0.05) is 13.3 Å². The standard InChI is InChI=1S/C20H25FN4O3/c1-2-3-18-17(12-22-25(18)16-10-6-14(21)7-11-16)24-20(28)23-15-8-4-13(5-9-15)19(26)27/h6-7,10-13,15H,2-5,8-9H2,1H3,(H,26,27)(H2,23,24,28). The van der Waals surface area contributed by atoms with E-state index in [4.69, 9.17) is 5.11 Å². The Morgan fingerprint density at radius 2 is 1.89 bits per heavy atom. The van der Waals surface area contributed by atoms with Crippen molar-refractivity contribution in [3.8, 4) is 5.69 Å². The van der Waals surface area contributed by atoms with Crippen LogP contribution >= 0.6 is 0 Å². The highest BCUT2D eigenvalue weighted by molar-refractivity contribution is 5.90. The summed E-state index contributed by atoms with van der Waals surface area (Å²) in [6.07, 6.45) is 5.62. The number of carboxylic acids is 1. The Morgan fingerprint density at radius 1 is 1.21 bits per heavy atom. The van der Waals surface area contributed by atoms with Gasteiger partial charge in [0.05, 0.1) is 29.2 Å². The third-order valence-corrected chi connectivity index (χ3v) is 5.09. The Morgan fingerprint density at radius 3 is 2.50 bits per heavy atom. The Labute approximate surface area is 162 Å². The van der Waals surface area contributed by atoms with Crippen molar-refractivity contribution in [3.05, 3.63) is 42.0 Å². The number of nitrogens with zero attached hydrogens (tertiary/aromatic N) is 2. The topological polar surface area (TPSA) is 96.2 Å². The zero-order chi connectivity index (χ0) is 20.1. The van der Waals surface area contributed by atoms with Crippen LogP contribution < -0.4 is 10.6 Å². The van der Waals surface area contributed by atoms with Gasteiger partial charge in [0.1, 0.15) is 5.82 Å². The lowest BCUT2D eigenvalue weighted by Crippen LogP contribution is -2.41. The first-order valence-corrected chi connectivity index (χ1v) is 9.61. The first-order valence-electron chi connectivity index (χ1n) is 9.61. The molecule has 0 bridgehead atoms. The molecule has 1 aliphatic rings. The molecule has 8 heteroatoms. The van der Waals surface area contributed by atoms with Crippen molar-refractivity contribution in [2.75, 3.05) is 5.32 Å². The Balaban J connectivity index is 1.66. The summed E-state index contributed by atoms with van der Waals surface area (Å²) in [6, 6.07) is 5.69. The van der Waals surface area contributed by atoms with E-state index in [1.165, 1.54) is 12.1 Å². The fourth-order valence-corrected chi connectivity index (χ4v) is 3.59. The Bertz CT molecular complexity index is 826. The molecule has 1 saturated carbocycles. The summed E-state index contributed by atoms with van der Waals surface area (Å²) >= 11 is 0. The molecule has 2 aromatic rings. The minimum Gasteiger partial charge on any atom is -0.481 e. The molecule has 0 aliphatic heterocycles. The fourth-order valence-electron chi connectivity index (χ4n) is 3.59. The maximum atomic E-state index is 13.2. The molecule has 28 heavy (non-hydrogen) atoms. The smallest absolute Gasteiger partial charge is 0.319 e. The molecule has 3 N–H and O–H groups in total. The highest BCUT2D eigenvalue weighted by Crippen LogP contribution is 2.25. The molecule has 0 radical (unpaired) electrons. The van der Waals surface area contributed by atoms with Crippen molar-refractivity contribution >= 4 is 17.7 Å². The number of carboxylic acid groups (broad SMARTS) is 1. The normalized spacial score (nSPS) is 19.2. The van der Waals surface area contributed by atoms with Crippen LogP contribution in [-0.4, -0.2) is 32.9 Å². The second kappa shape index (κ2) is 8.86. The van der Waals surface area contributed by atoms with Gasteiger partial charge in [0, 0.05) is 6.04 Å². The third-order valence-electron chi connectivity index (χ3n) is 5.09. The van der Waals surface area contributed by atoms with Gasteiger partial charge in [0.15, 0.2) is 0 Å². The highest BCUT2D eigenvalue weighted by Gasteiger charge is 2.27. The SMILES string of the molecule is CCCc1c(NC(=O)NC2CCC(C(=O)O)CC2)cnn1-c1ccc(F)cc1. The molecule has 0 saturated heterocycles. The number of rotatable bonds is 6. The first kappa shape index (κ1) is 19.9. The molecule has 0 unspecified atom stereocenters. The predicted octanol–water partition coefficient (Wildman–Crippen LogP) is 3.73. The van der Waals surface area contributed by atoms with Crippen LogP contribution in [0.2, 0.25) is 0 Å². The van der Waals surface area contributed by atoms with Crippen molar-refractivity contribution < 1.29 is 19.1 Å². The number of amides is 2. The summed E-state index contributed by atoms with van der Waals surface area (Å²) in [5.41, 5.74) is 2.19. The minimum atomic E-state index is -0.764. The van der Waals surface area contributed by atoms with E-state index in [9.17, 15) is 14.0 Å². The van der Waals surface area contributed by atoms with Crippen LogP contribution in [0, 0.1) is 11.7 Å². The monoisotopic (exact) mass is 388 g/mol. The molecule has 2 amide bonds. The van der Waals surface area contributed by atoms with Crippen LogP contribution in [0.15, 0.2) is 30.5 Å². The van der Waals surface area contributed by atoms with Gasteiger partial charge in [0.2, 0.25) is 0 Å². The lowest BCUT2D eigenvalue weighted by atomic mass is 9.86. The lowest BCUT2D eigenvalue weighted by molar-refractivity contribution is -0.142. The van der Waals surface area contributed by atoms with E-state index in [1.54, 1.807) is 23.0 Å². The minimum absolute atomic E-state index is 0.0302. The average Bonchev–Trinajstić information content (AvgIpc) is 3.05. The molecular weight excluding hydrogens is 363 g/mol. The van der Waals surface area contributed by atoms with Crippen molar-refractivity contribution in [1.82, 2.24) is 15.1 Å². The number of carbonyl (C=O) groups excluding carboxylic acids is 1. The van der Waals surface area contributed by atoms with Gasteiger partial charge in [-0.2, -0.15) is 5.10 Å². The second-order valence-corrected chi connectivity index (χ2v) is 7.13. The molecule has 1 aromatic carbocycles. The third kappa shape index (κ3) is 4.68. The number of anilines is 1. The summed E-state index contributed by atoms with van der Waals surface area (Å²) in [7, 11) is 0. The lowest BCUT2D eigenvalue weighted by Gasteiger charge is -2.26. The summed E-state index contributed by atoms with van der Waals surface area (Å²) < 4.78 is 14.9. The van der Waals surface area contributed by atoms with Crippen LogP contribution in [0.1, 0.15) is 44.7 Å². The molecule has 0 spiro atoms. The molecule has 150 valence electrons. The van der Waals surface area contributed by atoms with Gasteiger partial charge in [-0.3, -0.25) is 4.79 Å². The Hall–Kier alpha value is -2.90. The number of hydrogen-bond acceptors (Lipinski definition) is 3. The number of aliphatic carboxylic acids is 1. The number of hydrogen-bond donors (Lipinski definition) is 3. The number of aromatic nitrogens is 2. The van der Waals surface area contributed by atoms with Gasteiger partial charge in [0.25, 0.3) is 0 Å². The number of urea groups is 1. The van der Waals surface area contributed by atoms with Crippen LogP contribution in [0.5, 0.6) is 0 Å². The molecular formula is C20H25FN4O3. The van der Waals surface area contributed by atoms with Gasteiger partial charge >= 0.3 is 12.0 Å². The average molecular weight is 388 g/mol. The number of nitrogens with one attached hydrogen (secondary N) is 2. The summed E-state index contributed by atoms with van der Waals surface area (Å²) in [4.78, 5) is 23.4. The summed E-state index contributed by atoms with van der Waals surface area (Å²) in [5.74, 6) is -1.39. The van der Waals surface area contributed by atoms with Crippen molar-refractivity contribution in [2.45, 2.75) is 51.5 Å². The first-order chi connectivity index (χ1) is 13.5. The largest absolute Gasteiger partial charge is 0.481 e. The van der Waals surface area contributed by atoms with E-state index < -0.39 is 5.97 Å². The van der Waals surface area contributed by atoms with E-state index in [2.05, 4.69) is 15.7 Å². The van der Waals surface area contributed by atoms with E-state index >= 15 is 0 Å². The molecule has 1 heterocycles. The van der Waals surface area contributed by atoms with Crippen LogP contribution in [0.4, 0.5) is 14.9 Å². The van der Waals surface area contributed by atoms with Crippen LogP contribution in [-0.2, 0) is 11.2 Å². The number of halogens is 1. The molecule has 1 aromatic heterocycles. The molecule has 7 nitrogen and oxygen atoms in total. The van der Waals surface area contributed by atoms with E-state index in [0.29, 0.717) is 37.8 Å². The van der Waals surface area contributed by atoms with Crippen LogP contribution in [0.3, 0.4) is 0 Å². The zero-order valence-corrected chi connectivity index (χ0v) is 15.8. The van der Waals surface area contributed by atoms with E-state index in [1.807, 2.05) is 6.92 Å². The molecule has 0 atom stereocenters. The van der Waals surface area contributed by atoms with Crippen molar-refractivity contribution in [3.63, 3.8) is 0 Å². The molecule has 1 aliphatic carbocycles. The van der Waals surface area contributed by atoms with Gasteiger partial charge in [-0.05, 0) is 56.4 Å². The predicted molar refractivity (Wildman–Crippen MR) is 103 cm³/mol. The van der Waals surface area contributed by atoms with Crippen molar-refractivity contribution in [2.24, 2.45) is 5.92 Å². The number of carbonyl (C=O) groups is 2. The maximum absolute atomic E-state index is 13.2. The summed E-state index contributed by atoms with van der Waals surface area (Å²) in [6.45, 7) is 2.03. The van der Waals surface area contributed by atoms with E-state index in [0.717, 1.165) is 17.8 Å². The van der Waals surface area contributed by atoms with Gasteiger partial charge in [-0.25, -0.2) is 13.9 Å². The van der Waals surface area contributed by atoms with E-state index in [-0.39, 0.29) is 23.8 Å². The molecule has 3 rings (SSSR count). The highest BCUT2D eigenvalue weighted by atomic mass is 19.1. The van der Waals surface area contributed by atoms with Gasteiger partial charge in [-0.15, -0.1) is 0 Å². The Kier molecular flexibility index (Phi) is 6.28.